The molecule has 0 saturated carbocycles. The lowest BCUT2D eigenvalue weighted by Crippen LogP contribution is -2.29. The Morgan fingerprint density at radius 3 is 2.38 bits per heavy atom. The SMILES string of the molecule is COc1ccc(/C(O)=C2/C(=O)C(=O)N(c3nnc(SCc4ccccc4F)s3)C2c2ccc(OCc3ccccc3)c(OC)c2)cc1. The van der Waals surface area contributed by atoms with Crippen LogP contribution in [-0.2, 0) is 21.9 Å². The van der Waals surface area contributed by atoms with Crippen LogP contribution < -0.4 is 19.1 Å². The smallest absolute Gasteiger partial charge is 0.301 e. The average Bonchev–Trinajstić information content (AvgIpc) is 3.68. The van der Waals surface area contributed by atoms with Gasteiger partial charge in [-0.05, 0) is 59.2 Å². The van der Waals surface area contributed by atoms with E-state index in [1.165, 1.54) is 36.9 Å². The van der Waals surface area contributed by atoms with E-state index < -0.39 is 17.7 Å². The average molecular weight is 670 g/mol. The number of aromatic nitrogens is 2. The molecular weight excluding hydrogens is 642 g/mol. The minimum Gasteiger partial charge on any atom is -0.507 e. The van der Waals surface area contributed by atoms with Gasteiger partial charge in [0, 0.05) is 11.3 Å². The van der Waals surface area contributed by atoms with Gasteiger partial charge in [-0.15, -0.1) is 10.2 Å². The highest BCUT2D eigenvalue weighted by Gasteiger charge is 2.48. The van der Waals surface area contributed by atoms with Crippen molar-refractivity contribution >= 4 is 45.7 Å². The molecule has 1 aliphatic heterocycles. The molecule has 1 unspecified atom stereocenters. The van der Waals surface area contributed by atoms with Crippen molar-refractivity contribution in [2.24, 2.45) is 0 Å². The fraction of sp³-hybridized carbons (Fsp3) is 0.143. The Hall–Kier alpha value is -5.20. The molecule has 12 heteroatoms. The second kappa shape index (κ2) is 14.1. The zero-order chi connectivity index (χ0) is 32.9. The number of thioether (sulfide) groups is 1. The van der Waals surface area contributed by atoms with Crippen LogP contribution in [0.15, 0.2) is 107 Å². The zero-order valence-electron chi connectivity index (χ0n) is 25.3. The Morgan fingerprint density at radius 2 is 1.66 bits per heavy atom. The largest absolute Gasteiger partial charge is 0.507 e. The fourth-order valence-electron chi connectivity index (χ4n) is 5.07. The molecule has 2 heterocycles. The Kier molecular flexibility index (Phi) is 9.50. The number of ether oxygens (including phenoxy) is 3. The van der Waals surface area contributed by atoms with Crippen LogP contribution in [0.4, 0.5) is 9.52 Å². The van der Waals surface area contributed by atoms with Gasteiger partial charge < -0.3 is 19.3 Å². The number of nitrogens with zero attached hydrogens (tertiary/aromatic N) is 3. The van der Waals surface area contributed by atoms with Crippen molar-refractivity contribution in [3.8, 4) is 17.2 Å². The van der Waals surface area contributed by atoms with Gasteiger partial charge in [0.2, 0.25) is 5.13 Å². The highest BCUT2D eigenvalue weighted by molar-refractivity contribution is 8.00. The van der Waals surface area contributed by atoms with Crippen LogP contribution in [0.25, 0.3) is 5.76 Å². The molecule has 4 aromatic carbocycles. The lowest BCUT2D eigenvalue weighted by molar-refractivity contribution is -0.132. The number of benzene rings is 4. The molecular formula is C35H28FN3O6S2. The number of hydrogen-bond donors (Lipinski definition) is 1. The Labute approximate surface area is 278 Å². The van der Waals surface area contributed by atoms with Gasteiger partial charge in [0.25, 0.3) is 5.78 Å². The molecule has 1 amide bonds. The highest BCUT2D eigenvalue weighted by Crippen LogP contribution is 2.46. The molecule has 47 heavy (non-hydrogen) atoms. The van der Waals surface area contributed by atoms with Crippen LogP contribution in [0.3, 0.4) is 0 Å². The Morgan fingerprint density at radius 1 is 0.915 bits per heavy atom. The number of Topliss-reactive ketones (excluding diaryl/α,β-unsaturated/α-hetero) is 1. The van der Waals surface area contributed by atoms with E-state index in [-0.39, 0.29) is 22.3 Å². The van der Waals surface area contributed by atoms with Crippen molar-refractivity contribution in [3.05, 3.63) is 131 Å². The fourth-order valence-corrected chi connectivity index (χ4v) is 6.93. The van der Waals surface area contributed by atoms with Gasteiger partial charge >= 0.3 is 5.91 Å². The number of methoxy groups -OCH3 is 2. The Balaban J connectivity index is 1.38. The van der Waals surface area contributed by atoms with E-state index in [0.29, 0.717) is 50.6 Å². The van der Waals surface area contributed by atoms with E-state index in [2.05, 4.69) is 10.2 Å². The number of amides is 1. The van der Waals surface area contributed by atoms with E-state index in [1.54, 1.807) is 60.7 Å². The summed E-state index contributed by atoms with van der Waals surface area (Å²) in [5, 5.41) is 20.1. The topological polar surface area (TPSA) is 111 Å². The van der Waals surface area contributed by atoms with Gasteiger partial charge in [-0.1, -0.05) is 77.7 Å². The normalized spacial score (nSPS) is 15.6. The summed E-state index contributed by atoms with van der Waals surface area (Å²) < 4.78 is 31.6. The minimum atomic E-state index is -1.08. The van der Waals surface area contributed by atoms with E-state index in [9.17, 15) is 19.1 Å². The van der Waals surface area contributed by atoms with Crippen LogP contribution in [0.2, 0.25) is 0 Å². The predicted octanol–water partition coefficient (Wildman–Crippen LogP) is 7.19. The molecule has 5 aromatic rings. The molecule has 1 fully saturated rings. The predicted molar refractivity (Wildman–Crippen MR) is 177 cm³/mol. The molecule has 0 bridgehead atoms. The van der Waals surface area contributed by atoms with Crippen molar-refractivity contribution in [2.75, 3.05) is 19.1 Å². The summed E-state index contributed by atoms with van der Waals surface area (Å²) >= 11 is 2.34. The second-order valence-electron chi connectivity index (χ2n) is 10.3. The van der Waals surface area contributed by atoms with Gasteiger partial charge in [0.1, 0.15) is 23.9 Å². The van der Waals surface area contributed by atoms with E-state index in [4.69, 9.17) is 14.2 Å². The number of carbonyl (C=O) groups excluding carboxylic acids is 2. The van der Waals surface area contributed by atoms with Gasteiger partial charge in [-0.2, -0.15) is 0 Å². The summed E-state index contributed by atoms with van der Waals surface area (Å²) in [5.74, 6) is -0.786. The molecule has 6 rings (SSSR count). The van der Waals surface area contributed by atoms with Gasteiger partial charge in [-0.3, -0.25) is 14.5 Å². The van der Waals surface area contributed by atoms with Crippen LogP contribution in [0.5, 0.6) is 17.2 Å². The molecule has 238 valence electrons. The van der Waals surface area contributed by atoms with Crippen molar-refractivity contribution in [1.82, 2.24) is 10.2 Å². The molecule has 0 spiro atoms. The number of ketones is 1. The maximum Gasteiger partial charge on any atom is 0.301 e. The van der Waals surface area contributed by atoms with Crippen molar-refractivity contribution in [2.45, 2.75) is 22.7 Å². The number of carbonyl (C=O) groups is 2. The number of hydrogen-bond acceptors (Lipinski definition) is 10. The molecule has 1 atom stereocenters. The monoisotopic (exact) mass is 669 g/mol. The lowest BCUT2D eigenvalue weighted by atomic mass is 9.95. The molecule has 1 aliphatic rings. The van der Waals surface area contributed by atoms with Crippen LogP contribution in [0, 0.1) is 5.82 Å². The summed E-state index contributed by atoms with van der Waals surface area (Å²) in [6.45, 7) is 0.296. The standard InChI is InChI=1S/C35H28FN3O6S2/c1-43-25-15-12-22(13-16-25)31(40)29-30(23-14-17-27(28(18-23)44-2)45-19-21-8-4-3-5-9-21)39(33(42)32(29)41)34-37-38-35(47-34)46-20-24-10-6-7-11-26(24)36/h3-18,30,40H,19-20H2,1-2H3/b31-29-. The quantitative estimate of drug-likeness (QED) is 0.0514. The summed E-state index contributed by atoms with van der Waals surface area (Å²) in [4.78, 5) is 28.6. The first-order valence-electron chi connectivity index (χ1n) is 14.4. The summed E-state index contributed by atoms with van der Waals surface area (Å²) in [5.41, 5.74) is 2.12. The number of anilines is 1. The summed E-state index contributed by atoms with van der Waals surface area (Å²) in [6.07, 6.45) is 0. The second-order valence-corrected chi connectivity index (χ2v) is 12.5. The first-order chi connectivity index (χ1) is 22.9. The Bertz CT molecular complexity index is 1950. The molecule has 1 N–H and O–H groups in total. The minimum absolute atomic E-state index is 0.129. The maximum absolute atomic E-state index is 14.2. The molecule has 9 nitrogen and oxygen atoms in total. The van der Waals surface area contributed by atoms with E-state index in [1.807, 2.05) is 30.3 Å². The summed E-state index contributed by atoms with van der Waals surface area (Å²) in [7, 11) is 3.01. The highest BCUT2D eigenvalue weighted by atomic mass is 32.2. The first-order valence-corrected chi connectivity index (χ1v) is 16.2. The van der Waals surface area contributed by atoms with Crippen molar-refractivity contribution in [3.63, 3.8) is 0 Å². The summed E-state index contributed by atoms with van der Waals surface area (Å²) in [6, 6.07) is 26.6. The van der Waals surface area contributed by atoms with E-state index >= 15 is 0 Å². The number of aliphatic hydroxyl groups is 1. The van der Waals surface area contributed by atoms with E-state index in [0.717, 1.165) is 16.9 Å². The number of rotatable bonds is 11. The van der Waals surface area contributed by atoms with Gasteiger partial charge in [0.15, 0.2) is 15.8 Å². The molecule has 0 radical (unpaired) electrons. The number of aliphatic hydroxyl groups excluding tert-OH is 1. The van der Waals surface area contributed by atoms with Gasteiger partial charge in [-0.25, -0.2) is 4.39 Å². The van der Waals surface area contributed by atoms with Crippen LogP contribution >= 0.6 is 23.1 Å². The third kappa shape index (κ3) is 6.69. The third-order valence-corrected chi connectivity index (χ3v) is 9.56. The van der Waals surface area contributed by atoms with Crippen molar-refractivity contribution in [1.29, 1.82) is 0 Å². The molecule has 1 saturated heterocycles. The van der Waals surface area contributed by atoms with Crippen molar-refractivity contribution < 1.29 is 33.3 Å². The lowest BCUT2D eigenvalue weighted by Gasteiger charge is -2.23. The van der Waals surface area contributed by atoms with Gasteiger partial charge in [0.05, 0.1) is 25.8 Å². The first kappa shape index (κ1) is 31.8. The third-order valence-electron chi connectivity index (χ3n) is 7.46. The molecule has 1 aromatic heterocycles. The molecule has 0 aliphatic carbocycles. The number of halogens is 1. The van der Waals surface area contributed by atoms with Crippen LogP contribution in [0.1, 0.15) is 28.3 Å². The maximum atomic E-state index is 14.2. The van der Waals surface area contributed by atoms with Crippen LogP contribution in [-0.4, -0.2) is 41.2 Å². The zero-order valence-corrected chi connectivity index (χ0v) is 26.9.